The molecule has 0 aliphatic carbocycles. The third kappa shape index (κ3) is 3.59. The fourth-order valence-electron chi connectivity index (χ4n) is 1.92. The van der Waals surface area contributed by atoms with Crippen molar-refractivity contribution in [2.75, 3.05) is 0 Å². The smallest absolute Gasteiger partial charge is 0.338 e. The van der Waals surface area contributed by atoms with Crippen molar-refractivity contribution >= 4 is 17.6 Å². The normalized spacial score (nSPS) is 10.2. The molecule has 0 unspecified atom stereocenters. The largest absolute Gasteiger partial charge is 0.452 e. The van der Waals surface area contributed by atoms with Gasteiger partial charge in [-0.25, -0.2) is 4.79 Å². The second kappa shape index (κ2) is 6.94. The van der Waals surface area contributed by atoms with Crippen LogP contribution < -0.4 is 0 Å². The maximum Gasteiger partial charge on any atom is 0.338 e. The summed E-state index contributed by atoms with van der Waals surface area (Å²) in [6.07, 6.45) is 0. The number of esters is 1. The lowest BCUT2D eigenvalue weighted by atomic mass is 10.1. The van der Waals surface area contributed by atoms with Crippen molar-refractivity contribution in [3.05, 3.63) is 70.6 Å². The summed E-state index contributed by atoms with van der Waals surface area (Å²) in [5, 5.41) is 13.2. The van der Waals surface area contributed by atoms with Crippen LogP contribution in [0.1, 0.15) is 21.8 Å². The predicted octanol–water partition coefficient (Wildman–Crippen LogP) is 3.62. The van der Waals surface area contributed by atoms with E-state index in [-0.39, 0.29) is 12.5 Å². The first-order valence-electron chi connectivity index (χ1n) is 6.91. The highest BCUT2D eigenvalue weighted by molar-refractivity contribution is 6.30. The highest BCUT2D eigenvalue weighted by atomic mass is 35.5. The molecule has 0 aliphatic heterocycles. The minimum Gasteiger partial charge on any atom is -0.452 e. The maximum atomic E-state index is 11.9. The van der Waals surface area contributed by atoms with Crippen molar-refractivity contribution < 1.29 is 14.1 Å². The molecule has 7 heteroatoms. The van der Waals surface area contributed by atoms with Crippen LogP contribution in [0.3, 0.4) is 0 Å². The number of rotatable bonds is 4. The Labute approximate surface area is 142 Å². The van der Waals surface area contributed by atoms with Crippen molar-refractivity contribution in [1.29, 1.82) is 5.26 Å². The lowest BCUT2D eigenvalue weighted by molar-refractivity contribution is 0.0430. The second-order valence-corrected chi connectivity index (χ2v) is 5.22. The third-order valence-electron chi connectivity index (χ3n) is 3.15. The van der Waals surface area contributed by atoms with Crippen LogP contribution >= 0.6 is 11.6 Å². The number of carbonyl (C=O) groups excluding carboxylic acids is 1. The van der Waals surface area contributed by atoms with E-state index in [0.717, 1.165) is 5.56 Å². The molecule has 118 valence electrons. The van der Waals surface area contributed by atoms with E-state index in [1.165, 1.54) is 12.1 Å². The van der Waals surface area contributed by atoms with Gasteiger partial charge in [0, 0.05) is 10.6 Å². The van der Waals surface area contributed by atoms with E-state index in [2.05, 4.69) is 10.1 Å². The molecule has 3 aromatic rings. The molecule has 0 amide bonds. The topological polar surface area (TPSA) is 89.0 Å². The molecule has 0 saturated carbocycles. The van der Waals surface area contributed by atoms with Gasteiger partial charge in [0.25, 0.3) is 5.89 Å². The Hall–Kier alpha value is -3.17. The number of halogens is 1. The van der Waals surface area contributed by atoms with Gasteiger partial charge in [-0.15, -0.1) is 0 Å². The Morgan fingerprint density at radius 2 is 1.88 bits per heavy atom. The Kier molecular flexibility index (Phi) is 4.54. The lowest BCUT2D eigenvalue weighted by Gasteiger charge is -2.01. The molecule has 1 aromatic heterocycles. The lowest BCUT2D eigenvalue weighted by Crippen LogP contribution is -2.05. The summed E-state index contributed by atoms with van der Waals surface area (Å²) in [6, 6.07) is 15.1. The highest BCUT2D eigenvalue weighted by Gasteiger charge is 2.12. The number of nitrogens with zero attached hydrogens (tertiary/aromatic N) is 3. The van der Waals surface area contributed by atoms with Crippen LogP contribution in [-0.2, 0) is 11.3 Å². The standard InChI is InChI=1S/C17H10ClN3O3/c18-14-7-5-12(6-8-14)16-20-15(24-21-16)10-23-17(22)13-3-1-11(9-19)2-4-13/h1-8H,10H2. The number of ether oxygens (including phenoxy) is 1. The van der Waals surface area contributed by atoms with E-state index in [9.17, 15) is 4.79 Å². The fourth-order valence-corrected chi connectivity index (χ4v) is 2.05. The van der Waals surface area contributed by atoms with E-state index in [0.29, 0.717) is 22.0 Å². The summed E-state index contributed by atoms with van der Waals surface area (Å²) in [4.78, 5) is 16.1. The number of nitriles is 1. The number of benzene rings is 2. The van der Waals surface area contributed by atoms with Gasteiger partial charge >= 0.3 is 5.97 Å². The predicted molar refractivity (Wildman–Crippen MR) is 85.0 cm³/mol. The minimum absolute atomic E-state index is 0.139. The second-order valence-electron chi connectivity index (χ2n) is 4.78. The maximum absolute atomic E-state index is 11.9. The zero-order valence-corrected chi connectivity index (χ0v) is 13.0. The zero-order chi connectivity index (χ0) is 16.9. The summed E-state index contributed by atoms with van der Waals surface area (Å²) < 4.78 is 10.2. The van der Waals surface area contributed by atoms with Crippen molar-refractivity contribution in [2.24, 2.45) is 0 Å². The molecule has 0 bridgehead atoms. The van der Waals surface area contributed by atoms with Crippen LogP contribution in [0.5, 0.6) is 0 Å². The van der Waals surface area contributed by atoms with Gasteiger partial charge in [0.1, 0.15) is 0 Å². The van der Waals surface area contributed by atoms with Crippen molar-refractivity contribution in [1.82, 2.24) is 10.1 Å². The average Bonchev–Trinajstić information content (AvgIpc) is 3.09. The van der Waals surface area contributed by atoms with Crippen LogP contribution in [0.15, 0.2) is 53.1 Å². The van der Waals surface area contributed by atoms with Crippen LogP contribution in [0.25, 0.3) is 11.4 Å². The molecular formula is C17H10ClN3O3. The average molecular weight is 340 g/mol. The summed E-state index contributed by atoms with van der Waals surface area (Å²) >= 11 is 5.83. The van der Waals surface area contributed by atoms with Gasteiger partial charge in [0.05, 0.1) is 17.2 Å². The number of aromatic nitrogens is 2. The molecule has 0 fully saturated rings. The zero-order valence-electron chi connectivity index (χ0n) is 12.3. The van der Waals surface area contributed by atoms with Gasteiger partial charge in [0.15, 0.2) is 6.61 Å². The molecule has 2 aromatic carbocycles. The van der Waals surface area contributed by atoms with E-state index < -0.39 is 5.97 Å². The Balaban J connectivity index is 1.63. The van der Waals surface area contributed by atoms with E-state index >= 15 is 0 Å². The third-order valence-corrected chi connectivity index (χ3v) is 3.40. The molecule has 0 spiro atoms. The minimum atomic E-state index is -0.536. The van der Waals surface area contributed by atoms with Gasteiger partial charge < -0.3 is 9.26 Å². The molecule has 0 N–H and O–H groups in total. The molecule has 3 rings (SSSR count). The Morgan fingerprint density at radius 3 is 2.54 bits per heavy atom. The summed E-state index contributed by atoms with van der Waals surface area (Å²) in [7, 11) is 0. The van der Waals surface area contributed by atoms with E-state index in [4.69, 9.17) is 26.1 Å². The molecule has 1 heterocycles. The molecule has 0 atom stereocenters. The molecule has 0 aliphatic rings. The van der Waals surface area contributed by atoms with Crippen LogP contribution in [0, 0.1) is 11.3 Å². The van der Waals surface area contributed by atoms with Crippen LogP contribution in [0.4, 0.5) is 0 Å². The molecule has 0 radical (unpaired) electrons. The fraction of sp³-hybridized carbons (Fsp3) is 0.0588. The first-order chi connectivity index (χ1) is 11.7. The monoisotopic (exact) mass is 339 g/mol. The molecule has 0 saturated heterocycles. The van der Waals surface area contributed by atoms with Gasteiger partial charge in [0.2, 0.25) is 5.82 Å². The van der Waals surface area contributed by atoms with Gasteiger partial charge in [-0.1, -0.05) is 16.8 Å². The first kappa shape index (κ1) is 15.7. The van der Waals surface area contributed by atoms with Gasteiger partial charge in [-0.05, 0) is 48.5 Å². The SMILES string of the molecule is N#Cc1ccc(C(=O)OCc2nc(-c3ccc(Cl)cc3)no2)cc1. The summed E-state index contributed by atoms with van der Waals surface area (Å²) in [5.41, 5.74) is 1.55. The Bertz CT molecular complexity index is 896. The quantitative estimate of drug-likeness (QED) is 0.674. The van der Waals surface area contributed by atoms with E-state index in [1.807, 2.05) is 6.07 Å². The van der Waals surface area contributed by atoms with Crippen molar-refractivity contribution in [2.45, 2.75) is 6.61 Å². The van der Waals surface area contributed by atoms with Gasteiger partial charge in [-0.2, -0.15) is 10.2 Å². The van der Waals surface area contributed by atoms with Crippen LogP contribution in [-0.4, -0.2) is 16.1 Å². The first-order valence-corrected chi connectivity index (χ1v) is 7.29. The van der Waals surface area contributed by atoms with Gasteiger partial charge in [-0.3, -0.25) is 0 Å². The summed E-state index contributed by atoms with van der Waals surface area (Å²) in [5.74, 6) is 0.0313. The molecule has 24 heavy (non-hydrogen) atoms. The number of carbonyl (C=O) groups is 1. The number of hydrogen-bond donors (Lipinski definition) is 0. The number of hydrogen-bond acceptors (Lipinski definition) is 6. The van der Waals surface area contributed by atoms with Crippen molar-refractivity contribution in [3.8, 4) is 17.5 Å². The Morgan fingerprint density at radius 1 is 1.17 bits per heavy atom. The highest BCUT2D eigenvalue weighted by Crippen LogP contribution is 2.19. The molecular weight excluding hydrogens is 330 g/mol. The van der Waals surface area contributed by atoms with Crippen molar-refractivity contribution in [3.63, 3.8) is 0 Å². The summed E-state index contributed by atoms with van der Waals surface area (Å²) in [6.45, 7) is -0.139. The van der Waals surface area contributed by atoms with E-state index in [1.54, 1.807) is 36.4 Å². The molecule has 6 nitrogen and oxygen atoms in total. The van der Waals surface area contributed by atoms with Crippen LogP contribution in [0.2, 0.25) is 5.02 Å².